The molecule has 190 valence electrons. The monoisotopic (exact) mass is 548 g/mol. The van der Waals surface area contributed by atoms with Crippen molar-refractivity contribution in [1.29, 1.82) is 0 Å². The van der Waals surface area contributed by atoms with E-state index in [0.29, 0.717) is 6.54 Å². The van der Waals surface area contributed by atoms with E-state index in [9.17, 15) is 0 Å². The first kappa shape index (κ1) is 25.6. The predicted molar refractivity (Wildman–Crippen MR) is 152 cm³/mol. The maximum atomic E-state index is 6.58. The molecule has 0 amide bonds. The first-order valence-electron chi connectivity index (χ1n) is 12.5. The number of rotatable bonds is 12. The smallest absolute Gasteiger partial charge is 0.156 e. The van der Waals surface area contributed by atoms with Gasteiger partial charge in [0, 0.05) is 33.5 Å². The zero-order chi connectivity index (χ0) is 25.5. The molecular formula is C28H29ClN6S2. The van der Waals surface area contributed by atoms with Crippen LogP contribution in [0.5, 0.6) is 0 Å². The number of tetrazole rings is 1. The molecule has 0 radical (unpaired) electrons. The van der Waals surface area contributed by atoms with E-state index in [1.807, 2.05) is 24.4 Å². The number of hydrogen-bond donors (Lipinski definition) is 1. The molecule has 5 aromatic rings. The average Bonchev–Trinajstić information content (AvgIpc) is 3.72. The predicted octanol–water partition coefficient (Wildman–Crippen LogP) is 7.22. The molecule has 6 nitrogen and oxygen atoms in total. The highest BCUT2D eigenvalue weighted by atomic mass is 35.5. The number of halogens is 1. The molecule has 1 unspecified atom stereocenters. The summed E-state index contributed by atoms with van der Waals surface area (Å²) < 4.78 is 2.31. The van der Waals surface area contributed by atoms with Crippen LogP contribution in [0, 0.1) is 0 Å². The van der Waals surface area contributed by atoms with Gasteiger partial charge in [-0.15, -0.1) is 27.8 Å². The Hall–Kier alpha value is -3.07. The minimum absolute atomic E-state index is 0.0125. The number of hydrogen-bond acceptors (Lipinski definition) is 6. The van der Waals surface area contributed by atoms with Crippen LogP contribution < -0.4 is 0 Å². The van der Waals surface area contributed by atoms with Crippen molar-refractivity contribution >= 4 is 40.4 Å². The Morgan fingerprint density at radius 3 is 2.59 bits per heavy atom. The van der Waals surface area contributed by atoms with Gasteiger partial charge in [0.05, 0.1) is 18.4 Å². The third-order valence-electron chi connectivity index (χ3n) is 6.43. The molecule has 0 aliphatic rings. The van der Waals surface area contributed by atoms with Crippen molar-refractivity contribution in [2.24, 2.45) is 0 Å². The van der Waals surface area contributed by atoms with Gasteiger partial charge in [-0.05, 0) is 63.9 Å². The van der Waals surface area contributed by atoms with Gasteiger partial charge in [-0.25, -0.2) is 10.1 Å². The number of nitrogens with zero attached hydrogens (tertiary/aromatic N) is 5. The summed E-state index contributed by atoms with van der Waals surface area (Å²) in [5, 5.41) is 20.2. The molecule has 1 N–H and O–H groups in total. The summed E-state index contributed by atoms with van der Waals surface area (Å²) in [6.07, 6.45) is 9.07. The van der Waals surface area contributed by atoms with Crippen LogP contribution in [0.1, 0.15) is 58.3 Å². The lowest BCUT2D eigenvalue weighted by molar-refractivity contribution is 0.673. The van der Waals surface area contributed by atoms with E-state index in [1.165, 1.54) is 15.3 Å². The summed E-state index contributed by atoms with van der Waals surface area (Å²) >= 11 is 10.1. The molecule has 0 bridgehead atoms. The van der Waals surface area contributed by atoms with Crippen LogP contribution in [0.25, 0.3) is 6.08 Å². The van der Waals surface area contributed by atoms with Crippen LogP contribution in [0.4, 0.5) is 0 Å². The van der Waals surface area contributed by atoms with Crippen molar-refractivity contribution < 1.29 is 0 Å². The average molecular weight is 549 g/mol. The van der Waals surface area contributed by atoms with E-state index in [1.54, 1.807) is 22.7 Å². The minimum Gasteiger partial charge on any atom is -0.324 e. The van der Waals surface area contributed by atoms with E-state index in [4.69, 9.17) is 16.6 Å². The number of H-pyrrole nitrogens is 1. The lowest BCUT2D eigenvalue weighted by atomic mass is 9.90. The van der Waals surface area contributed by atoms with E-state index in [2.05, 4.69) is 79.3 Å². The zero-order valence-electron chi connectivity index (χ0n) is 20.7. The third kappa shape index (κ3) is 6.44. The first-order valence-corrected chi connectivity index (χ1v) is 14.6. The summed E-state index contributed by atoms with van der Waals surface area (Å²) in [5.41, 5.74) is 3.40. The Morgan fingerprint density at radius 1 is 1.08 bits per heavy atom. The number of aromatic amines is 1. The van der Waals surface area contributed by atoms with Crippen LogP contribution in [-0.4, -0.2) is 30.2 Å². The number of thiophene rings is 2. The van der Waals surface area contributed by atoms with Gasteiger partial charge in [0.25, 0.3) is 0 Å². The van der Waals surface area contributed by atoms with Gasteiger partial charge in [0.1, 0.15) is 5.82 Å². The first-order chi connectivity index (χ1) is 18.2. The number of imidazole rings is 1. The largest absolute Gasteiger partial charge is 0.324 e. The highest BCUT2D eigenvalue weighted by Crippen LogP contribution is 2.33. The maximum Gasteiger partial charge on any atom is 0.156 e. The van der Waals surface area contributed by atoms with Crippen molar-refractivity contribution in [2.45, 2.75) is 51.5 Å². The molecule has 0 spiro atoms. The lowest BCUT2D eigenvalue weighted by Gasteiger charge is -2.19. The van der Waals surface area contributed by atoms with Crippen LogP contribution in [0.2, 0.25) is 5.02 Å². The second-order valence-corrected chi connectivity index (χ2v) is 11.5. The minimum atomic E-state index is 0.0125. The Balaban J connectivity index is 1.59. The van der Waals surface area contributed by atoms with Gasteiger partial charge in [-0.1, -0.05) is 60.9 Å². The van der Waals surface area contributed by atoms with Gasteiger partial charge in [-0.3, -0.25) is 0 Å². The van der Waals surface area contributed by atoms with E-state index in [-0.39, 0.29) is 5.92 Å². The highest BCUT2D eigenvalue weighted by Gasteiger charge is 2.23. The number of aromatic nitrogens is 6. The Bertz CT molecular complexity index is 1410. The summed E-state index contributed by atoms with van der Waals surface area (Å²) in [6.45, 7) is 2.89. The van der Waals surface area contributed by atoms with Crippen LogP contribution >= 0.6 is 34.3 Å². The highest BCUT2D eigenvalue weighted by molar-refractivity contribution is 7.10. The lowest BCUT2D eigenvalue weighted by Crippen LogP contribution is -2.12. The quantitative estimate of drug-likeness (QED) is 0.179. The second-order valence-electron chi connectivity index (χ2n) is 8.98. The van der Waals surface area contributed by atoms with Gasteiger partial charge in [0.15, 0.2) is 5.82 Å². The van der Waals surface area contributed by atoms with Crippen molar-refractivity contribution in [1.82, 2.24) is 30.2 Å². The van der Waals surface area contributed by atoms with E-state index in [0.717, 1.165) is 60.0 Å². The molecular weight excluding hydrogens is 520 g/mol. The molecule has 4 heterocycles. The molecule has 1 atom stereocenters. The number of aryl methyl sites for hydroxylation is 1. The molecule has 9 heteroatoms. The standard InChI is InChI=1S/C28H29ClN6S2/c1-2-3-12-27-30-18-22(35(27)19-20-8-4-5-11-26(20)29)15-21(16-23-9-6-13-36-23)25(28-31-33-34-32-28)17-24-10-7-14-37-24/h4-11,13-15,18,25H,2-3,12,16-17,19H2,1H3,(H,31,32,33,34). The van der Waals surface area contributed by atoms with Crippen molar-refractivity contribution in [3.8, 4) is 0 Å². The van der Waals surface area contributed by atoms with Crippen molar-refractivity contribution in [2.75, 3.05) is 0 Å². The molecule has 1 aromatic carbocycles. The fraction of sp³-hybridized carbons (Fsp3) is 0.286. The third-order valence-corrected chi connectivity index (χ3v) is 8.57. The summed E-state index contributed by atoms with van der Waals surface area (Å²) in [5.74, 6) is 1.87. The van der Waals surface area contributed by atoms with Crippen molar-refractivity contribution in [3.63, 3.8) is 0 Å². The number of nitrogens with one attached hydrogen (secondary N) is 1. The molecule has 0 fully saturated rings. The fourth-order valence-corrected chi connectivity index (χ4v) is 6.17. The topological polar surface area (TPSA) is 72.3 Å². The summed E-state index contributed by atoms with van der Waals surface area (Å²) in [4.78, 5) is 7.46. The summed E-state index contributed by atoms with van der Waals surface area (Å²) in [7, 11) is 0. The van der Waals surface area contributed by atoms with Crippen molar-refractivity contribution in [3.05, 3.63) is 109 Å². The van der Waals surface area contributed by atoms with Crippen LogP contribution in [0.3, 0.4) is 0 Å². The Kier molecular flexibility index (Phi) is 8.61. The SMILES string of the molecule is CCCCc1ncc(C=C(Cc2cccs2)C(Cc2cccs2)c2nnn[nH]2)n1Cc1ccccc1Cl. The van der Waals surface area contributed by atoms with Gasteiger partial charge in [-0.2, -0.15) is 0 Å². The molecule has 37 heavy (non-hydrogen) atoms. The molecule has 0 saturated carbocycles. The Morgan fingerprint density at radius 2 is 1.89 bits per heavy atom. The summed E-state index contributed by atoms with van der Waals surface area (Å²) in [6, 6.07) is 16.6. The molecule has 0 saturated heterocycles. The Labute approximate surface area is 230 Å². The molecule has 0 aliphatic carbocycles. The van der Waals surface area contributed by atoms with E-state index >= 15 is 0 Å². The second kappa shape index (κ2) is 12.4. The van der Waals surface area contributed by atoms with Crippen LogP contribution in [0.15, 0.2) is 71.1 Å². The van der Waals surface area contributed by atoms with Gasteiger partial charge >= 0.3 is 0 Å². The van der Waals surface area contributed by atoms with Gasteiger partial charge < -0.3 is 4.57 Å². The maximum absolute atomic E-state index is 6.58. The number of unbranched alkanes of at least 4 members (excludes halogenated alkanes) is 1. The van der Waals surface area contributed by atoms with E-state index < -0.39 is 0 Å². The number of benzene rings is 1. The number of allylic oxidation sites excluding steroid dienone is 1. The molecule has 5 rings (SSSR count). The van der Waals surface area contributed by atoms with Crippen LogP contribution in [-0.2, 0) is 25.8 Å². The fourth-order valence-electron chi connectivity index (χ4n) is 4.48. The molecule has 4 aromatic heterocycles. The molecule has 0 aliphatic heterocycles. The van der Waals surface area contributed by atoms with Gasteiger partial charge in [0.2, 0.25) is 0 Å². The zero-order valence-corrected chi connectivity index (χ0v) is 23.1. The normalized spacial score (nSPS) is 12.8.